The smallest absolute Gasteiger partial charge is 0.0562 e. The van der Waals surface area contributed by atoms with Crippen molar-refractivity contribution in [2.45, 2.75) is 0 Å². The summed E-state index contributed by atoms with van der Waals surface area (Å²) < 4.78 is 7.29. The molecular formula is C58H37N3. The van der Waals surface area contributed by atoms with Crippen LogP contribution in [-0.4, -0.2) is 13.7 Å². The molecule has 0 aliphatic heterocycles. The van der Waals surface area contributed by atoms with Gasteiger partial charge in [0, 0.05) is 49.4 Å². The predicted octanol–water partition coefficient (Wildman–Crippen LogP) is 15.5. The first-order chi connectivity index (χ1) is 30.2. The lowest BCUT2D eigenvalue weighted by molar-refractivity contribution is 1.17. The van der Waals surface area contributed by atoms with E-state index in [1.165, 1.54) is 98.4 Å². The number of benzene rings is 10. The molecule has 0 aliphatic rings. The number of para-hydroxylation sites is 3. The van der Waals surface area contributed by atoms with Crippen LogP contribution in [0.2, 0.25) is 0 Å². The van der Waals surface area contributed by atoms with Gasteiger partial charge in [-0.15, -0.1) is 0 Å². The maximum atomic E-state index is 2.44. The molecular weight excluding hydrogens is 739 g/mol. The van der Waals surface area contributed by atoms with E-state index in [-0.39, 0.29) is 0 Å². The van der Waals surface area contributed by atoms with Gasteiger partial charge in [0.1, 0.15) is 0 Å². The quantitative estimate of drug-likeness (QED) is 0.165. The number of aromatic nitrogens is 3. The first-order valence-electron chi connectivity index (χ1n) is 21.0. The van der Waals surface area contributed by atoms with Gasteiger partial charge >= 0.3 is 0 Å². The summed E-state index contributed by atoms with van der Waals surface area (Å²) in [6.45, 7) is 0. The number of rotatable bonds is 5. The fraction of sp³-hybridized carbons (Fsp3) is 0. The molecule has 0 aliphatic carbocycles. The lowest BCUT2D eigenvalue weighted by Crippen LogP contribution is -1.96. The monoisotopic (exact) mass is 775 g/mol. The summed E-state index contributed by atoms with van der Waals surface area (Å²) in [7, 11) is 0. The van der Waals surface area contributed by atoms with Crippen LogP contribution in [-0.2, 0) is 0 Å². The minimum atomic E-state index is 1.15. The van der Waals surface area contributed by atoms with Crippen molar-refractivity contribution in [2.75, 3.05) is 0 Å². The fourth-order valence-corrected chi connectivity index (χ4v) is 9.97. The second-order valence-electron chi connectivity index (χ2n) is 16.2. The Morgan fingerprint density at radius 3 is 1.30 bits per heavy atom. The number of hydrogen-bond donors (Lipinski definition) is 0. The minimum absolute atomic E-state index is 1.15. The van der Waals surface area contributed by atoms with Gasteiger partial charge < -0.3 is 13.7 Å². The van der Waals surface area contributed by atoms with Gasteiger partial charge in [0.2, 0.25) is 0 Å². The lowest BCUT2D eigenvalue weighted by Gasteiger charge is -2.11. The van der Waals surface area contributed by atoms with Crippen LogP contribution in [0, 0.1) is 0 Å². The molecule has 0 fully saturated rings. The largest absolute Gasteiger partial charge is 0.309 e. The SMILES string of the molecule is c1ccc(-c2ccc(-n3c4ccccc4c4cc(-c5ccc6c(c5)c5cc7c8ccccc8n(-c8ccc9ccccc9c8)c7cc5n6-c5ccccc5)ccc43)cc2)cc1. The van der Waals surface area contributed by atoms with Gasteiger partial charge in [0.15, 0.2) is 0 Å². The molecule has 3 aromatic heterocycles. The third-order valence-corrected chi connectivity index (χ3v) is 12.8. The third-order valence-electron chi connectivity index (χ3n) is 12.8. The van der Waals surface area contributed by atoms with Gasteiger partial charge in [-0.1, -0.05) is 140 Å². The highest BCUT2D eigenvalue weighted by atomic mass is 15.0. The topological polar surface area (TPSA) is 14.8 Å². The van der Waals surface area contributed by atoms with Crippen molar-refractivity contribution in [3.8, 4) is 39.3 Å². The average Bonchev–Trinajstić information content (AvgIpc) is 3.96. The van der Waals surface area contributed by atoms with E-state index in [0.29, 0.717) is 0 Å². The van der Waals surface area contributed by atoms with E-state index in [2.05, 4.69) is 238 Å². The van der Waals surface area contributed by atoms with Crippen molar-refractivity contribution >= 4 is 76.2 Å². The minimum Gasteiger partial charge on any atom is -0.309 e. The molecule has 0 saturated carbocycles. The summed E-state index contributed by atoms with van der Waals surface area (Å²) in [5, 5.41) is 9.95. The average molecular weight is 776 g/mol. The van der Waals surface area contributed by atoms with Gasteiger partial charge in [0.05, 0.1) is 33.1 Å². The Bertz CT molecular complexity index is 3850. The van der Waals surface area contributed by atoms with Crippen molar-refractivity contribution in [1.82, 2.24) is 13.7 Å². The van der Waals surface area contributed by atoms with E-state index >= 15 is 0 Å². The molecule has 3 nitrogen and oxygen atoms in total. The lowest BCUT2D eigenvalue weighted by atomic mass is 10.00. The molecule has 284 valence electrons. The summed E-state index contributed by atoms with van der Waals surface area (Å²) >= 11 is 0. The Hall–Kier alpha value is -8.14. The van der Waals surface area contributed by atoms with Gasteiger partial charge in [-0.3, -0.25) is 0 Å². The van der Waals surface area contributed by atoms with Crippen LogP contribution < -0.4 is 0 Å². The van der Waals surface area contributed by atoms with E-state index in [1.54, 1.807) is 0 Å². The third kappa shape index (κ3) is 5.17. The van der Waals surface area contributed by atoms with Gasteiger partial charge in [-0.05, 0) is 118 Å². The summed E-state index contributed by atoms with van der Waals surface area (Å²) in [5.41, 5.74) is 15.5. The van der Waals surface area contributed by atoms with Gasteiger partial charge in [-0.25, -0.2) is 0 Å². The predicted molar refractivity (Wildman–Crippen MR) is 258 cm³/mol. The van der Waals surface area contributed by atoms with E-state index in [1.807, 2.05) is 0 Å². The number of nitrogens with zero attached hydrogens (tertiary/aromatic N) is 3. The molecule has 13 aromatic rings. The fourth-order valence-electron chi connectivity index (χ4n) is 9.97. The maximum Gasteiger partial charge on any atom is 0.0562 e. The van der Waals surface area contributed by atoms with Crippen molar-refractivity contribution < 1.29 is 0 Å². The zero-order chi connectivity index (χ0) is 40.0. The van der Waals surface area contributed by atoms with E-state index in [0.717, 1.165) is 17.1 Å². The van der Waals surface area contributed by atoms with Gasteiger partial charge in [-0.2, -0.15) is 0 Å². The second-order valence-corrected chi connectivity index (χ2v) is 16.2. The standard InChI is InChI=1S/C58H37N3/c1-3-13-38(14-4-1)40-23-28-45(29-24-40)59-53-21-11-9-19-47(53)49-34-42(26-31-55(49)59)43-27-32-56-50(35-43)52-36-51-48-20-10-12-22-54(48)61(46-30-25-39-15-7-8-16-41(39)33-46)57(51)37-58(52)60(56)44-17-5-2-6-18-44/h1-37H. The van der Waals surface area contributed by atoms with Crippen molar-refractivity contribution in [1.29, 1.82) is 0 Å². The number of hydrogen-bond acceptors (Lipinski definition) is 0. The Labute approximate surface area is 352 Å². The second kappa shape index (κ2) is 13.2. The molecule has 13 rings (SSSR count). The van der Waals surface area contributed by atoms with Crippen LogP contribution in [0.25, 0.3) is 116 Å². The van der Waals surface area contributed by atoms with E-state index in [9.17, 15) is 0 Å². The number of fused-ring (bicyclic) bond motifs is 10. The Balaban J connectivity index is 1.01. The van der Waals surface area contributed by atoms with Crippen molar-refractivity contribution in [3.63, 3.8) is 0 Å². The summed E-state index contributed by atoms with van der Waals surface area (Å²) in [6, 6.07) is 82.3. The van der Waals surface area contributed by atoms with Crippen LogP contribution in [0.15, 0.2) is 224 Å². The molecule has 0 bridgehead atoms. The Kier molecular flexibility index (Phi) is 7.31. The highest BCUT2D eigenvalue weighted by Crippen LogP contribution is 2.42. The molecule has 0 radical (unpaired) electrons. The Morgan fingerprint density at radius 1 is 0.197 bits per heavy atom. The molecule has 0 spiro atoms. The molecule has 3 heterocycles. The zero-order valence-electron chi connectivity index (χ0n) is 33.2. The van der Waals surface area contributed by atoms with Crippen molar-refractivity contribution in [2.24, 2.45) is 0 Å². The molecule has 0 saturated heterocycles. The molecule has 3 heteroatoms. The highest BCUT2D eigenvalue weighted by Gasteiger charge is 2.20. The first kappa shape index (κ1) is 33.8. The molecule has 0 unspecified atom stereocenters. The van der Waals surface area contributed by atoms with Crippen LogP contribution in [0.4, 0.5) is 0 Å². The Morgan fingerprint density at radius 2 is 0.623 bits per heavy atom. The maximum absolute atomic E-state index is 2.44. The molecule has 61 heavy (non-hydrogen) atoms. The van der Waals surface area contributed by atoms with Crippen LogP contribution in [0.3, 0.4) is 0 Å². The van der Waals surface area contributed by atoms with Gasteiger partial charge in [0.25, 0.3) is 0 Å². The van der Waals surface area contributed by atoms with Crippen LogP contribution >= 0.6 is 0 Å². The molecule has 0 N–H and O–H groups in total. The highest BCUT2D eigenvalue weighted by molar-refractivity contribution is 6.20. The van der Waals surface area contributed by atoms with E-state index < -0.39 is 0 Å². The molecule has 0 amide bonds. The molecule has 10 aromatic carbocycles. The van der Waals surface area contributed by atoms with Crippen LogP contribution in [0.5, 0.6) is 0 Å². The first-order valence-corrected chi connectivity index (χ1v) is 21.0. The van der Waals surface area contributed by atoms with Crippen LogP contribution in [0.1, 0.15) is 0 Å². The van der Waals surface area contributed by atoms with Crippen molar-refractivity contribution in [3.05, 3.63) is 224 Å². The van der Waals surface area contributed by atoms with E-state index in [4.69, 9.17) is 0 Å². The summed E-state index contributed by atoms with van der Waals surface area (Å²) in [6.07, 6.45) is 0. The zero-order valence-corrected chi connectivity index (χ0v) is 33.2. The summed E-state index contributed by atoms with van der Waals surface area (Å²) in [4.78, 5) is 0. The molecule has 0 atom stereocenters. The summed E-state index contributed by atoms with van der Waals surface area (Å²) in [5.74, 6) is 0. The normalized spacial score (nSPS) is 11.9.